The molecule has 3 aromatic rings. The second-order valence-corrected chi connectivity index (χ2v) is 7.37. The molecule has 7 nitrogen and oxygen atoms in total. The Hall–Kier alpha value is -3.55. The van der Waals surface area contributed by atoms with Crippen LogP contribution in [-0.4, -0.2) is 24.2 Å². The molecule has 3 amide bonds. The minimum absolute atomic E-state index is 0.0799. The quantitative estimate of drug-likeness (QED) is 0.565. The first-order chi connectivity index (χ1) is 14.9. The van der Waals surface area contributed by atoms with E-state index in [1.54, 1.807) is 72.8 Å². The fourth-order valence-corrected chi connectivity index (χ4v) is 3.76. The smallest absolute Gasteiger partial charge is 0.329 e. The molecule has 1 atom stereocenters. The summed E-state index contributed by atoms with van der Waals surface area (Å²) < 4.78 is 5.24. The van der Waals surface area contributed by atoms with Crippen molar-refractivity contribution in [2.75, 3.05) is 17.3 Å². The molecular weight excluding hydrogens is 418 g/mol. The molecule has 0 aliphatic carbocycles. The lowest BCUT2D eigenvalue weighted by molar-refractivity contribution is -0.140. The van der Waals surface area contributed by atoms with Crippen molar-refractivity contribution in [2.24, 2.45) is 0 Å². The number of benzene rings is 3. The zero-order valence-corrected chi connectivity index (χ0v) is 17.4. The van der Waals surface area contributed by atoms with Crippen LogP contribution in [0.3, 0.4) is 0 Å². The van der Waals surface area contributed by atoms with E-state index in [1.165, 1.54) is 7.11 Å². The molecule has 3 N–H and O–H groups in total. The Morgan fingerprint density at radius 1 is 1.13 bits per heavy atom. The van der Waals surface area contributed by atoms with Crippen molar-refractivity contribution in [1.29, 1.82) is 0 Å². The Balaban J connectivity index is 1.77. The van der Waals surface area contributed by atoms with Gasteiger partial charge in [0.25, 0.3) is 11.6 Å². The zero-order chi connectivity index (χ0) is 22.0. The van der Waals surface area contributed by atoms with Crippen LogP contribution in [0.25, 0.3) is 0 Å². The van der Waals surface area contributed by atoms with Crippen LogP contribution in [0, 0.1) is 0 Å². The van der Waals surface area contributed by atoms with Gasteiger partial charge >= 0.3 is 6.03 Å². The first kappa shape index (κ1) is 20.7. The molecule has 0 saturated heterocycles. The van der Waals surface area contributed by atoms with Gasteiger partial charge in [-0.1, -0.05) is 54.1 Å². The maximum Gasteiger partial charge on any atom is 0.329 e. The number of amides is 3. The van der Waals surface area contributed by atoms with Gasteiger partial charge in [-0.15, -0.1) is 0 Å². The largest absolute Gasteiger partial charge is 0.497 e. The Bertz CT molecular complexity index is 1150. The van der Waals surface area contributed by atoms with Crippen molar-refractivity contribution < 1.29 is 19.4 Å². The number of carbonyl (C=O) groups is 2. The van der Waals surface area contributed by atoms with E-state index in [0.717, 1.165) is 4.90 Å². The lowest BCUT2D eigenvalue weighted by Gasteiger charge is -2.42. The molecule has 0 bridgehead atoms. The number of hydrogen-bond donors (Lipinski definition) is 3. The average Bonchev–Trinajstić information content (AvgIpc) is 2.78. The van der Waals surface area contributed by atoms with Crippen molar-refractivity contribution in [3.8, 4) is 5.75 Å². The number of aliphatic hydroxyl groups is 1. The van der Waals surface area contributed by atoms with Crippen LogP contribution in [0.1, 0.15) is 11.1 Å². The molecule has 0 spiro atoms. The van der Waals surface area contributed by atoms with Crippen molar-refractivity contribution in [2.45, 2.75) is 12.3 Å². The second kappa shape index (κ2) is 8.29. The Labute approximate surface area is 184 Å². The van der Waals surface area contributed by atoms with Crippen LogP contribution in [-0.2, 0) is 17.1 Å². The van der Waals surface area contributed by atoms with Gasteiger partial charge in [-0.05, 0) is 29.8 Å². The number of methoxy groups -OCH3 is 1. The van der Waals surface area contributed by atoms with E-state index in [-0.39, 0.29) is 12.1 Å². The number of halogens is 1. The molecule has 31 heavy (non-hydrogen) atoms. The van der Waals surface area contributed by atoms with E-state index in [0.29, 0.717) is 27.7 Å². The number of anilines is 2. The van der Waals surface area contributed by atoms with E-state index >= 15 is 0 Å². The van der Waals surface area contributed by atoms with Crippen molar-refractivity contribution in [3.05, 3.63) is 88.9 Å². The molecule has 0 aromatic heterocycles. The maximum atomic E-state index is 13.4. The van der Waals surface area contributed by atoms with Crippen LogP contribution in [0.2, 0.25) is 5.02 Å². The summed E-state index contributed by atoms with van der Waals surface area (Å²) in [6.07, 6.45) is 0. The third kappa shape index (κ3) is 3.69. The first-order valence-electron chi connectivity index (χ1n) is 9.54. The summed E-state index contributed by atoms with van der Waals surface area (Å²) in [5, 5.41) is 17.7. The van der Waals surface area contributed by atoms with Gasteiger partial charge in [-0.2, -0.15) is 0 Å². The van der Waals surface area contributed by atoms with Gasteiger partial charge in [-0.25, -0.2) is 4.79 Å². The van der Waals surface area contributed by atoms with Gasteiger partial charge < -0.3 is 20.5 Å². The molecule has 1 heterocycles. The SMILES string of the molecule is COc1cccc(N2C(=O)Nc3ccccc3[C@]2(O)C(=O)NCc2ccccc2Cl)c1. The number of nitrogens with zero attached hydrogens (tertiary/aromatic N) is 1. The van der Waals surface area contributed by atoms with E-state index in [9.17, 15) is 14.7 Å². The Kier molecular flexibility index (Phi) is 5.54. The van der Waals surface area contributed by atoms with Crippen LogP contribution in [0.5, 0.6) is 5.75 Å². The normalized spacial score (nSPS) is 17.5. The Morgan fingerprint density at radius 2 is 1.87 bits per heavy atom. The number of fused-ring (bicyclic) bond motifs is 1. The fourth-order valence-electron chi connectivity index (χ4n) is 3.55. The van der Waals surface area contributed by atoms with Crippen LogP contribution in [0.15, 0.2) is 72.8 Å². The molecule has 8 heteroatoms. The van der Waals surface area contributed by atoms with Crippen LogP contribution >= 0.6 is 11.6 Å². The molecule has 4 rings (SSSR count). The molecule has 0 unspecified atom stereocenters. The van der Waals surface area contributed by atoms with Crippen molar-refractivity contribution in [1.82, 2.24) is 5.32 Å². The summed E-state index contributed by atoms with van der Waals surface area (Å²) in [6.45, 7) is 0.0799. The molecule has 1 aliphatic rings. The number of rotatable bonds is 5. The van der Waals surface area contributed by atoms with E-state index < -0.39 is 17.7 Å². The van der Waals surface area contributed by atoms with E-state index in [1.807, 2.05) is 0 Å². The highest BCUT2D eigenvalue weighted by Crippen LogP contribution is 2.40. The van der Waals surface area contributed by atoms with Crippen molar-refractivity contribution in [3.63, 3.8) is 0 Å². The van der Waals surface area contributed by atoms with Gasteiger partial charge in [0.1, 0.15) is 5.75 Å². The average molecular weight is 438 g/mol. The number of hydrogen-bond acceptors (Lipinski definition) is 4. The summed E-state index contributed by atoms with van der Waals surface area (Å²) in [5.41, 5.74) is -0.729. The highest BCUT2D eigenvalue weighted by molar-refractivity contribution is 6.31. The fraction of sp³-hybridized carbons (Fsp3) is 0.130. The zero-order valence-electron chi connectivity index (χ0n) is 16.6. The number of nitrogens with one attached hydrogen (secondary N) is 2. The number of urea groups is 1. The van der Waals surface area contributed by atoms with Gasteiger partial charge in [0, 0.05) is 23.2 Å². The number of carbonyl (C=O) groups excluding carboxylic acids is 2. The summed E-state index contributed by atoms with van der Waals surface area (Å²) >= 11 is 6.19. The molecule has 3 aromatic carbocycles. The van der Waals surface area contributed by atoms with Gasteiger partial charge in [0.2, 0.25) is 0 Å². The number of para-hydroxylation sites is 1. The molecule has 0 saturated carbocycles. The lowest BCUT2D eigenvalue weighted by Crippen LogP contribution is -2.62. The molecule has 158 valence electrons. The summed E-state index contributed by atoms with van der Waals surface area (Å²) in [4.78, 5) is 27.4. The van der Waals surface area contributed by atoms with E-state index in [4.69, 9.17) is 16.3 Å². The highest BCUT2D eigenvalue weighted by Gasteiger charge is 2.51. The van der Waals surface area contributed by atoms with E-state index in [2.05, 4.69) is 10.6 Å². The minimum atomic E-state index is -2.30. The minimum Gasteiger partial charge on any atom is -0.497 e. The van der Waals surface area contributed by atoms with Gasteiger partial charge in [-0.3, -0.25) is 9.69 Å². The summed E-state index contributed by atoms with van der Waals surface area (Å²) in [6, 6.07) is 19.6. The highest BCUT2D eigenvalue weighted by atomic mass is 35.5. The first-order valence-corrected chi connectivity index (χ1v) is 9.92. The van der Waals surface area contributed by atoms with Gasteiger partial charge in [0.05, 0.1) is 18.5 Å². The summed E-state index contributed by atoms with van der Waals surface area (Å²) in [5.74, 6) is -0.291. The molecule has 1 aliphatic heterocycles. The monoisotopic (exact) mass is 437 g/mol. The molecule has 0 fully saturated rings. The van der Waals surface area contributed by atoms with Crippen LogP contribution in [0.4, 0.5) is 16.2 Å². The van der Waals surface area contributed by atoms with Crippen LogP contribution < -0.4 is 20.3 Å². The predicted octanol–water partition coefficient (Wildman–Crippen LogP) is 3.86. The second-order valence-electron chi connectivity index (χ2n) is 6.96. The standard InChI is InChI=1S/C23H20ClN3O4/c1-31-17-9-6-8-16(13-17)27-22(29)26-20-12-5-3-10-18(20)23(27,30)21(28)25-14-15-7-2-4-11-19(15)24/h2-13,30H,14H2,1H3,(H,25,28)(H,26,29)/t23-/m0/s1. The number of ether oxygens (including phenoxy) is 1. The summed E-state index contributed by atoms with van der Waals surface area (Å²) in [7, 11) is 1.49. The predicted molar refractivity (Wildman–Crippen MR) is 118 cm³/mol. The topological polar surface area (TPSA) is 90.9 Å². The third-order valence-electron chi connectivity index (χ3n) is 5.10. The molecule has 0 radical (unpaired) electrons. The van der Waals surface area contributed by atoms with Gasteiger partial charge in [0.15, 0.2) is 0 Å². The Morgan fingerprint density at radius 3 is 2.65 bits per heavy atom. The van der Waals surface area contributed by atoms with Crippen molar-refractivity contribution >= 4 is 34.9 Å². The molecular formula is C23H20ClN3O4. The third-order valence-corrected chi connectivity index (χ3v) is 5.47. The lowest BCUT2D eigenvalue weighted by atomic mass is 9.94. The maximum absolute atomic E-state index is 13.4.